The minimum Gasteiger partial charge on any atom is -0.444 e. The lowest BCUT2D eigenvalue weighted by atomic mass is 10.0. The number of imidazole rings is 1. The predicted octanol–water partition coefficient (Wildman–Crippen LogP) is 3.71. The van der Waals surface area contributed by atoms with Crippen molar-refractivity contribution in [2.75, 3.05) is 19.2 Å². The molecule has 1 aliphatic heterocycles. The highest BCUT2D eigenvalue weighted by molar-refractivity contribution is 6.17. The Kier molecular flexibility index (Phi) is 5.41. The van der Waals surface area contributed by atoms with Crippen LogP contribution in [-0.2, 0) is 9.47 Å². The van der Waals surface area contributed by atoms with Crippen molar-refractivity contribution in [3.63, 3.8) is 0 Å². The number of pyridine rings is 1. The molecule has 1 amide bonds. The third-order valence-corrected chi connectivity index (χ3v) is 4.19. The van der Waals surface area contributed by atoms with Crippen LogP contribution in [0.2, 0.25) is 0 Å². The van der Waals surface area contributed by atoms with Gasteiger partial charge in [-0.25, -0.2) is 14.6 Å². The number of hydrogen-bond acceptors (Lipinski definition) is 5. The summed E-state index contributed by atoms with van der Waals surface area (Å²) in [5, 5.41) is 0. The molecule has 7 nitrogen and oxygen atoms in total. The number of esters is 1. The summed E-state index contributed by atoms with van der Waals surface area (Å²) in [6.07, 6.45) is 3.98. The van der Waals surface area contributed by atoms with Crippen LogP contribution in [0, 0.1) is 0 Å². The number of fused-ring (bicyclic) bond motifs is 1. The number of nitrogens with zero attached hydrogens (tertiary/aromatic N) is 3. The zero-order valence-electron chi connectivity index (χ0n) is 15.6. The first-order chi connectivity index (χ1) is 12.8. The topological polar surface area (TPSA) is 73.1 Å². The Morgan fingerprint density at radius 2 is 2.07 bits per heavy atom. The number of carbonyl (C=O) groups is 2. The third kappa shape index (κ3) is 4.24. The Bertz CT molecular complexity index is 898. The number of carbonyl (C=O) groups excluding carboxylic acids is 2. The fourth-order valence-electron chi connectivity index (χ4n) is 2.91. The van der Waals surface area contributed by atoms with Gasteiger partial charge in [0.05, 0.1) is 11.2 Å². The summed E-state index contributed by atoms with van der Waals surface area (Å²) in [5.41, 5.74) is 1.96. The summed E-state index contributed by atoms with van der Waals surface area (Å²) in [4.78, 5) is 30.5. The quantitative estimate of drug-likeness (QED) is 0.589. The molecule has 0 aromatic carbocycles. The Hall–Kier alpha value is -2.54. The maximum Gasteiger partial charge on any atom is 0.410 e. The maximum atomic E-state index is 12.2. The van der Waals surface area contributed by atoms with E-state index in [1.54, 1.807) is 15.5 Å². The number of amides is 1. The van der Waals surface area contributed by atoms with Crippen LogP contribution in [-0.4, -0.2) is 51.1 Å². The molecule has 2 aromatic heterocycles. The number of hydrogen-bond donors (Lipinski definition) is 0. The van der Waals surface area contributed by atoms with Crippen molar-refractivity contribution >= 4 is 34.8 Å². The fraction of sp³-hybridized carbons (Fsp3) is 0.421. The van der Waals surface area contributed by atoms with Crippen molar-refractivity contribution in [1.82, 2.24) is 14.3 Å². The molecule has 0 fully saturated rings. The van der Waals surface area contributed by atoms with Gasteiger partial charge in [0.25, 0.3) is 0 Å². The molecule has 0 unspecified atom stereocenters. The molecule has 27 heavy (non-hydrogen) atoms. The number of rotatable bonds is 3. The van der Waals surface area contributed by atoms with E-state index < -0.39 is 11.6 Å². The summed E-state index contributed by atoms with van der Waals surface area (Å²) in [6, 6.07) is 5.35. The van der Waals surface area contributed by atoms with Gasteiger partial charge in [-0.2, -0.15) is 0 Å². The van der Waals surface area contributed by atoms with Gasteiger partial charge in [-0.15, -0.1) is 0 Å². The smallest absolute Gasteiger partial charge is 0.410 e. The molecule has 8 heteroatoms. The number of halogens is 1. The standard InChI is InChI=1S/C19H22ClN3O4/c1-19(2,3)27-18(25)22-10-7-13(8-11-22)15-14-6-4-5-9-23(14)16(21-15)17(24)26-12-20/h4-7,9H,8,10-12H2,1-3H3. The van der Waals surface area contributed by atoms with Crippen LogP contribution < -0.4 is 0 Å². The first kappa shape index (κ1) is 19.2. The molecule has 144 valence electrons. The summed E-state index contributed by atoms with van der Waals surface area (Å²) in [7, 11) is 0. The molecule has 0 spiro atoms. The number of aromatic nitrogens is 2. The summed E-state index contributed by atoms with van der Waals surface area (Å²) in [5.74, 6) is -0.402. The van der Waals surface area contributed by atoms with Gasteiger partial charge in [-0.1, -0.05) is 23.7 Å². The van der Waals surface area contributed by atoms with Gasteiger partial charge in [0.15, 0.2) is 6.07 Å². The van der Waals surface area contributed by atoms with Crippen LogP contribution in [0.4, 0.5) is 4.79 Å². The average molecular weight is 392 g/mol. The SMILES string of the molecule is CC(C)(C)OC(=O)N1CC=C(c2nc(C(=O)OCCl)n3ccccc23)CC1. The Balaban J connectivity index is 1.86. The van der Waals surface area contributed by atoms with Gasteiger partial charge < -0.3 is 14.4 Å². The van der Waals surface area contributed by atoms with E-state index >= 15 is 0 Å². The van der Waals surface area contributed by atoms with E-state index in [0.29, 0.717) is 25.2 Å². The highest BCUT2D eigenvalue weighted by atomic mass is 35.5. The molecule has 3 rings (SSSR count). The first-order valence-corrected chi connectivity index (χ1v) is 9.21. The van der Waals surface area contributed by atoms with Gasteiger partial charge in [-0.3, -0.25) is 4.40 Å². The fourth-order valence-corrected chi connectivity index (χ4v) is 3.01. The van der Waals surface area contributed by atoms with Crippen molar-refractivity contribution in [3.05, 3.63) is 42.0 Å². The average Bonchev–Trinajstić information content (AvgIpc) is 3.00. The van der Waals surface area contributed by atoms with E-state index in [1.165, 1.54) is 0 Å². The number of alkyl halides is 1. The van der Waals surface area contributed by atoms with Crippen molar-refractivity contribution in [2.24, 2.45) is 0 Å². The maximum absolute atomic E-state index is 12.2. The molecule has 0 N–H and O–H groups in total. The zero-order chi connectivity index (χ0) is 19.6. The van der Waals surface area contributed by atoms with E-state index in [0.717, 1.165) is 11.1 Å². The van der Waals surface area contributed by atoms with Crippen molar-refractivity contribution in [2.45, 2.75) is 32.8 Å². The van der Waals surface area contributed by atoms with Gasteiger partial charge >= 0.3 is 12.1 Å². The normalized spacial score (nSPS) is 14.8. The van der Waals surface area contributed by atoms with Crippen LogP contribution in [0.5, 0.6) is 0 Å². The van der Waals surface area contributed by atoms with Gasteiger partial charge in [0.1, 0.15) is 5.60 Å². The molecule has 0 saturated heterocycles. The molecule has 0 saturated carbocycles. The minimum atomic E-state index is -0.579. The molecular formula is C19H22ClN3O4. The summed E-state index contributed by atoms with van der Waals surface area (Å²) in [6.45, 7) is 6.48. The predicted molar refractivity (Wildman–Crippen MR) is 102 cm³/mol. The van der Waals surface area contributed by atoms with Gasteiger partial charge in [0, 0.05) is 19.3 Å². The molecule has 0 aliphatic carbocycles. The second-order valence-corrected chi connectivity index (χ2v) is 7.40. The molecule has 0 radical (unpaired) electrons. The number of ether oxygens (including phenoxy) is 2. The summed E-state index contributed by atoms with van der Waals surface area (Å²) >= 11 is 5.50. The Morgan fingerprint density at radius 1 is 1.30 bits per heavy atom. The van der Waals surface area contributed by atoms with Crippen LogP contribution in [0.1, 0.15) is 43.5 Å². The third-order valence-electron chi connectivity index (χ3n) is 4.08. The van der Waals surface area contributed by atoms with Crippen LogP contribution in [0.3, 0.4) is 0 Å². The Morgan fingerprint density at radius 3 is 2.70 bits per heavy atom. The van der Waals surface area contributed by atoms with Crippen molar-refractivity contribution in [3.8, 4) is 0 Å². The van der Waals surface area contributed by atoms with E-state index in [4.69, 9.17) is 21.1 Å². The van der Waals surface area contributed by atoms with E-state index in [-0.39, 0.29) is 18.0 Å². The van der Waals surface area contributed by atoms with Crippen LogP contribution >= 0.6 is 11.6 Å². The highest BCUT2D eigenvalue weighted by Crippen LogP contribution is 2.27. The first-order valence-electron chi connectivity index (χ1n) is 8.67. The molecule has 0 atom stereocenters. The van der Waals surface area contributed by atoms with E-state index in [1.807, 2.05) is 45.0 Å². The van der Waals surface area contributed by atoms with Crippen LogP contribution in [0.25, 0.3) is 11.1 Å². The second-order valence-electron chi connectivity index (χ2n) is 7.19. The Labute approximate surface area is 162 Å². The van der Waals surface area contributed by atoms with Crippen molar-refractivity contribution < 1.29 is 19.1 Å². The monoisotopic (exact) mass is 391 g/mol. The van der Waals surface area contributed by atoms with Crippen LogP contribution in [0.15, 0.2) is 30.5 Å². The second kappa shape index (κ2) is 7.60. The zero-order valence-corrected chi connectivity index (χ0v) is 16.3. The summed E-state index contributed by atoms with van der Waals surface area (Å²) < 4.78 is 12.0. The lowest BCUT2D eigenvalue weighted by Gasteiger charge is -2.29. The largest absolute Gasteiger partial charge is 0.444 e. The van der Waals surface area contributed by atoms with Gasteiger partial charge in [0.2, 0.25) is 5.82 Å². The molecule has 3 heterocycles. The van der Waals surface area contributed by atoms with Crippen molar-refractivity contribution in [1.29, 1.82) is 0 Å². The molecular weight excluding hydrogens is 370 g/mol. The van der Waals surface area contributed by atoms with Gasteiger partial charge in [-0.05, 0) is 44.9 Å². The lowest BCUT2D eigenvalue weighted by molar-refractivity contribution is 0.0270. The minimum absolute atomic E-state index is 0.178. The molecule has 0 bridgehead atoms. The van der Waals surface area contributed by atoms with E-state index in [9.17, 15) is 9.59 Å². The molecule has 2 aromatic rings. The molecule has 1 aliphatic rings. The lowest BCUT2D eigenvalue weighted by Crippen LogP contribution is -2.39. The highest BCUT2D eigenvalue weighted by Gasteiger charge is 2.26. The van der Waals surface area contributed by atoms with E-state index in [2.05, 4.69) is 4.98 Å².